The van der Waals surface area contributed by atoms with E-state index in [0.29, 0.717) is 12.5 Å². The van der Waals surface area contributed by atoms with Crippen molar-refractivity contribution >= 4 is 16.6 Å². The molecule has 1 aromatic carbocycles. The average molecular weight is 279 g/mol. The average Bonchev–Trinajstić information content (AvgIpc) is 2.54. The molecule has 0 aliphatic heterocycles. The summed E-state index contributed by atoms with van der Waals surface area (Å²) >= 11 is 0. The molecule has 3 aromatic rings. The minimum absolute atomic E-state index is 0.605. The van der Waals surface area contributed by atoms with E-state index >= 15 is 0 Å². The lowest BCUT2D eigenvalue weighted by atomic mass is 10.1. The summed E-state index contributed by atoms with van der Waals surface area (Å²) in [4.78, 5) is 8.56. The van der Waals surface area contributed by atoms with Gasteiger partial charge in [-0.25, -0.2) is 4.98 Å². The Morgan fingerprint density at radius 1 is 1.05 bits per heavy atom. The Morgan fingerprint density at radius 2 is 1.90 bits per heavy atom. The summed E-state index contributed by atoms with van der Waals surface area (Å²) < 4.78 is 5.51. The molecule has 21 heavy (non-hydrogen) atoms. The summed E-state index contributed by atoms with van der Waals surface area (Å²) in [7, 11) is 0. The molecule has 0 bridgehead atoms. The third-order valence-corrected chi connectivity index (χ3v) is 3.20. The highest BCUT2D eigenvalue weighted by molar-refractivity contribution is 5.79. The van der Waals surface area contributed by atoms with Crippen molar-refractivity contribution in [2.24, 2.45) is 0 Å². The minimum Gasteiger partial charge on any atom is -0.476 e. The van der Waals surface area contributed by atoms with Crippen LogP contribution in [0.5, 0.6) is 5.88 Å². The number of nitrogens with one attached hydrogen (secondary N) is 1. The van der Waals surface area contributed by atoms with Gasteiger partial charge >= 0.3 is 0 Å². The molecule has 2 aromatic heterocycles. The van der Waals surface area contributed by atoms with Gasteiger partial charge in [-0.3, -0.25) is 4.98 Å². The first-order valence-electron chi connectivity index (χ1n) is 7.02. The van der Waals surface area contributed by atoms with Gasteiger partial charge in [0, 0.05) is 24.3 Å². The number of ether oxygens (including phenoxy) is 1. The highest BCUT2D eigenvalue weighted by Crippen LogP contribution is 2.22. The molecule has 1 N–H and O–H groups in total. The number of pyridine rings is 2. The molecule has 0 aliphatic rings. The second-order valence-corrected chi connectivity index (χ2v) is 4.67. The third-order valence-electron chi connectivity index (χ3n) is 3.20. The maximum Gasteiger partial charge on any atom is 0.237 e. The lowest BCUT2D eigenvalue weighted by Crippen LogP contribution is -2.04. The van der Waals surface area contributed by atoms with Crippen LogP contribution in [-0.4, -0.2) is 16.6 Å². The molecule has 0 aliphatic carbocycles. The summed E-state index contributed by atoms with van der Waals surface area (Å²) in [5.41, 5.74) is 3.12. The molecular formula is C17H17N3O. The summed E-state index contributed by atoms with van der Waals surface area (Å²) in [6, 6.07) is 14.2. The predicted octanol–water partition coefficient (Wildman–Crippen LogP) is 3.64. The topological polar surface area (TPSA) is 47.0 Å². The van der Waals surface area contributed by atoms with Crippen molar-refractivity contribution < 1.29 is 4.74 Å². The van der Waals surface area contributed by atoms with E-state index < -0.39 is 0 Å². The van der Waals surface area contributed by atoms with E-state index in [1.165, 1.54) is 5.56 Å². The van der Waals surface area contributed by atoms with E-state index in [9.17, 15) is 0 Å². The van der Waals surface area contributed by atoms with Crippen LogP contribution < -0.4 is 10.1 Å². The summed E-state index contributed by atoms with van der Waals surface area (Å²) in [5.74, 6) is 0.641. The highest BCUT2D eigenvalue weighted by atomic mass is 16.5. The van der Waals surface area contributed by atoms with Crippen molar-refractivity contribution in [1.29, 1.82) is 0 Å². The van der Waals surface area contributed by atoms with Gasteiger partial charge in [0.05, 0.1) is 17.8 Å². The van der Waals surface area contributed by atoms with Crippen LogP contribution in [0.1, 0.15) is 12.5 Å². The summed E-state index contributed by atoms with van der Waals surface area (Å²) in [6.45, 7) is 3.28. The van der Waals surface area contributed by atoms with Crippen LogP contribution >= 0.6 is 0 Å². The maximum atomic E-state index is 5.51. The molecule has 0 radical (unpaired) electrons. The van der Waals surface area contributed by atoms with Gasteiger partial charge in [-0.2, -0.15) is 0 Å². The third kappa shape index (κ3) is 3.11. The van der Waals surface area contributed by atoms with Gasteiger partial charge in [0.25, 0.3) is 0 Å². The first-order valence-corrected chi connectivity index (χ1v) is 7.02. The summed E-state index contributed by atoms with van der Waals surface area (Å²) in [5, 5.41) is 4.52. The first-order chi connectivity index (χ1) is 10.4. The van der Waals surface area contributed by atoms with Crippen LogP contribution in [-0.2, 0) is 6.54 Å². The largest absolute Gasteiger partial charge is 0.476 e. The number of anilines is 1. The van der Waals surface area contributed by atoms with Crippen LogP contribution in [0, 0.1) is 0 Å². The Kier molecular flexibility index (Phi) is 3.96. The Balaban J connectivity index is 1.77. The van der Waals surface area contributed by atoms with Gasteiger partial charge in [0.2, 0.25) is 5.88 Å². The molecule has 0 fully saturated rings. The lowest BCUT2D eigenvalue weighted by molar-refractivity contribution is 0.328. The second-order valence-electron chi connectivity index (χ2n) is 4.67. The molecule has 0 saturated carbocycles. The number of aromatic nitrogens is 2. The van der Waals surface area contributed by atoms with Gasteiger partial charge < -0.3 is 10.1 Å². The second kappa shape index (κ2) is 6.22. The van der Waals surface area contributed by atoms with E-state index in [1.54, 1.807) is 6.20 Å². The van der Waals surface area contributed by atoms with Crippen LogP contribution in [0.3, 0.4) is 0 Å². The van der Waals surface area contributed by atoms with E-state index in [4.69, 9.17) is 4.74 Å². The Labute approximate surface area is 123 Å². The zero-order chi connectivity index (χ0) is 14.5. The molecular weight excluding hydrogens is 262 g/mol. The fourth-order valence-electron chi connectivity index (χ4n) is 2.21. The number of nitrogens with zero attached hydrogens (tertiary/aromatic N) is 2. The number of fused-ring (bicyclic) bond motifs is 1. The number of benzene rings is 1. The Bertz CT molecular complexity index is 743. The molecule has 0 atom stereocenters. The van der Waals surface area contributed by atoms with Crippen molar-refractivity contribution in [3.05, 3.63) is 60.4 Å². The SMILES string of the molecule is CCOc1ncccc1NCc1ccc2ncccc2c1. The number of rotatable bonds is 5. The summed E-state index contributed by atoms with van der Waals surface area (Å²) in [6.07, 6.45) is 3.54. The Hall–Kier alpha value is -2.62. The van der Waals surface area contributed by atoms with Gasteiger partial charge in [0.1, 0.15) is 0 Å². The molecule has 4 heteroatoms. The monoisotopic (exact) mass is 279 g/mol. The van der Waals surface area contributed by atoms with Crippen molar-refractivity contribution in [2.75, 3.05) is 11.9 Å². The van der Waals surface area contributed by atoms with Crippen molar-refractivity contribution in [1.82, 2.24) is 9.97 Å². The molecule has 0 spiro atoms. The number of hydrogen-bond acceptors (Lipinski definition) is 4. The van der Waals surface area contributed by atoms with E-state index in [2.05, 4.69) is 33.5 Å². The lowest BCUT2D eigenvalue weighted by Gasteiger charge is -2.11. The molecule has 4 nitrogen and oxygen atoms in total. The normalized spacial score (nSPS) is 10.5. The quantitative estimate of drug-likeness (QED) is 0.774. The number of hydrogen-bond donors (Lipinski definition) is 1. The highest BCUT2D eigenvalue weighted by Gasteiger charge is 2.04. The van der Waals surface area contributed by atoms with E-state index in [0.717, 1.165) is 23.1 Å². The van der Waals surface area contributed by atoms with Crippen molar-refractivity contribution in [2.45, 2.75) is 13.5 Å². The van der Waals surface area contributed by atoms with Crippen LogP contribution in [0.2, 0.25) is 0 Å². The molecule has 3 rings (SSSR count). The van der Waals surface area contributed by atoms with Gasteiger partial charge in [0.15, 0.2) is 0 Å². The molecule has 2 heterocycles. The predicted molar refractivity (Wildman–Crippen MR) is 84.5 cm³/mol. The zero-order valence-electron chi connectivity index (χ0n) is 11.9. The minimum atomic E-state index is 0.605. The van der Waals surface area contributed by atoms with Crippen molar-refractivity contribution in [3.63, 3.8) is 0 Å². The zero-order valence-corrected chi connectivity index (χ0v) is 11.9. The maximum absolute atomic E-state index is 5.51. The van der Waals surface area contributed by atoms with Crippen LogP contribution in [0.15, 0.2) is 54.9 Å². The molecule has 0 amide bonds. The Morgan fingerprint density at radius 3 is 2.81 bits per heavy atom. The van der Waals surface area contributed by atoms with Gasteiger partial charge in [-0.15, -0.1) is 0 Å². The van der Waals surface area contributed by atoms with Gasteiger partial charge in [-0.1, -0.05) is 12.1 Å². The van der Waals surface area contributed by atoms with Gasteiger partial charge in [-0.05, 0) is 42.8 Å². The fraction of sp³-hybridized carbons (Fsp3) is 0.176. The first kappa shape index (κ1) is 13.4. The van der Waals surface area contributed by atoms with Crippen LogP contribution in [0.4, 0.5) is 5.69 Å². The molecule has 106 valence electrons. The smallest absolute Gasteiger partial charge is 0.237 e. The fourth-order valence-corrected chi connectivity index (χ4v) is 2.21. The molecule has 0 saturated heterocycles. The van der Waals surface area contributed by atoms with Crippen LogP contribution in [0.25, 0.3) is 10.9 Å². The molecule has 0 unspecified atom stereocenters. The standard InChI is InChI=1S/C17H17N3O/c1-2-21-17-16(6-4-10-19-17)20-12-13-7-8-15-14(11-13)5-3-9-18-15/h3-11,20H,2,12H2,1H3. The van der Waals surface area contributed by atoms with E-state index in [-0.39, 0.29) is 0 Å². The van der Waals surface area contributed by atoms with Crippen molar-refractivity contribution in [3.8, 4) is 5.88 Å². The van der Waals surface area contributed by atoms with E-state index in [1.807, 2.05) is 37.4 Å².